The van der Waals surface area contributed by atoms with Crippen LogP contribution in [-0.4, -0.2) is 33.9 Å². The van der Waals surface area contributed by atoms with Gasteiger partial charge in [-0.1, -0.05) is 12.1 Å². The first-order valence-electron chi connectivity index (χ1n) is 9.62. The maximum atomic E-state index is 13.3. The Morgan fingerprint density at radius 1 is 1.10 bits per heavy atom. The highest BCUT2D eigenvalue weighted by atomic mass is 35.5. The summed E-state index contributed by atoms with van der Waals surface area (Å²) in [6, 6.07) is 13.8. The van der Waals surface area contributed by atoms with Crippen molar-refractivity contribution >= 4 is 27.3 Å². The van der Waals surface area contributed by atoms with E-state index in [1.54, 1.807) is 56.5 Å². The van der Waals surface area contributed by atoms with Crippen LogP contribution in [0.25, 0.3) is 0 Å². The summed E-state index contributed by atoms with van der Waals surface area (Å²) in [4.78, 5) is 0. The Kier molecular flexibility index (Phi) is 6.57. The van der Waals surface area contributed by atoms with E-state index in [-0.39, 0.29) is 17.5 Å². The average molecular weight is 450 g/mol. The summed E-state index contributed by atoms with van der Waals surface area (Å²) in [5.74, 6) is 1.65. The molecule has 8 heteroatoms. The zero-order chi connectivity index (χ0) is 21.9. The lowest BCUT2D eigenvalue weighted by molar-refractivity contribution is 0.378. The van der Waals surface area contributed by atoms with Crippen molar-refractivity contribution < 1.29 is 17.9 Å². The number of ether oxygens (including phenoxy) is 2. The standard InChI is InChI=1S/C22H26ClN2O4S/c1-4-30(26,27)25(16(2)9-10-17(15-24)22(25)23)18-11-13-19(14-12-18)29-21-8-6-5-7-20(21)28-3/h5-14,16H,4,15,24H2,1-3H3/q+1. The molecule has 160 valence electrons. The minimum absolute atomic E-state index is 0.0707. The van der Waals surface area contributed by atoms with E-state index < -0.39 is 20.0 Å². The maximum absolute atomic E-state index is 13.3. The highest BCUT2D eigenvalue weighted by molar-refractivity contribution is 7.91. The summed E-state index contributed by atoms with van der Waals surface area (Å²) in [7, 11) is -2.11. The molecule has 30 heavy (non-hydrogen) atoms. The molecule has 1 aliphatic heterocycles. The number of hydrogen-bond acceptors (Lipinski definition) is 5. The lowest BCUT2D eigenvalue weighted by Gasteiger charge is -2.41. The molecule has 2 N–H and O–H groups in total. The van der Waals surface area contributed by atoms with E-state index in [0.29, 0.717) is 28.5 Å². The lowest BCUT2D eigenvalue weighted by Crippen LogP contribution is -2.59. The lowest BCUT2D eigenvalue weighted by atomic mass is 10.1. The Morgan fingerprint density at radius 2 is 1.73 bits per heavy atom. The summed E-state index contributed by atoms with van der Waals surface area (Å²) in [5.41, 5.74) is 6.95. The van der Waals surface area contributed by atoms with Crippen molar-refractivity contribution in [2.24, 2.45) is 5.73 Å². The third-order valence-corrected chi connectivity index (χ3v) is 8.19. The van der Waals surface area contributed by atoms with Crippen LogP contribution >= 0.6 is 11.6 Å². The normalized spacial score (nSPS) is 21.6. The second-order valence-corrected chi connectivity index (χ2v) is 9.57. The molecule has 0 saturated carbocycles. The first-order valence-corrected chi connectivity index (χ1v) is 11.6. The van der Waals surface area contributed by atoms with E-state index in [1.807, 2.05) is 25.1 Å². The van der Waals surface area contributed by atoms with Crippen LogP contribution in [0.5, 0.6) is 17.2 Å². The summed E-state index contributed by atoms with van der Waals surface area (Å²) < 4.78 is 37.4. The van der Waals surface area contributed by atoms with Crippen molar-refractivity contribution in [2.75, 3.05) is 19.4 Å². The van der Waals surface area contributed by atoms with Gasteiger partial charge in [-0.15, -0.1) is 3.89 Å². The van der Waals surface area contributed by atoms with Gasteiger partial charge < -0.3 is 15.2 Å². The van der Waals surface area contributed by atoms with E-state index >= 15 is 0 Å². The summed E-state index contributed by atoms with van der Waals surface area (Å²) in [6.07, 6.45) is 3.63. The first kappa shape index (κ1) is 22.4. The summed E-state index contributed by atoms with van der Waals surface area (Å²) in [5, 5.41) is 0.202. The molecule has 2 atom stereocenters. The third kappa shape index (κ3) is 3.63. The molecule has 0 saturated heterocycles. The summed E-state index contributed by atoms with van der Waals surface area (Å²) >= 11 is 6.70. The second kappa shape index (κ2) is 8.81. The van der Waals surface area contributed by atoms with Crippen molar-refractivity contribution in [3.05, 3.63) is 71.4 Å². The monoisotopic (exact) mass is 449 g/mol. The first-order chi connectivity index (χ1) is 14.3. The van der Waals surface area contributed by atoms with Crippen molar-refractivity contribution in [1.82, 2.24) is 3.89 Å². The predicted molar refractivity (Wildman–Crippen MR) is 121 cm³/mol. The molecule has 2 aromatic rings. The van der Waals surface area contributed by atoms with Gasteiger partial charge in [-0.3, -0.25) is 0 Å². The van der Waals surface area contributed by atoms with Crippen LogP contribution in [0, 0.1) is 0 Å². The predicted octanol–water partition coefficient (Wildman–Crippen LogP) is 4.51. The molecule has 6 nitrogen and oxygen atoms in total. The number of methoxy groups -OCH3 is 1. The van der Waals surface area contributed by atoms with Crippen molar-refractivity contribution in [3.8, 4) is 17.2 Å². The summed E-state index contributed by atoms with van der Waals surface area (Å²) in [6.45, 7) is 3.60. The number of quaternary nitrogens is 1. The largest absolute Gasteiger partial charge is 0.493 e. The van der Waals surface area contributed by atoms with Gasteiger partial charge in [-0.05, 0) is 61.9 Å². The minimum Gasteiger partial charge on any atom is -0.493 e. The van der Waals surface area contributed by atoms with Gasteiger partial charge in [0.2, 0.25) is 5.16 Å². The quantitative estimate of drug-likeness (QED) is 0.497. The Hall–Kier alpha value is -2.32. The van der Waals surface area contributed by atoms with Gasteiger partial charge in [0.05, 0.1) is 12.9 Å². The van der Waals surface area contributed by atoms with Gasteiger partial charge in [0, 0.05) is 24.3 Å². The molecular weight excluding hydrogens is 424 g/mol. The number of para-hydroxylation sites is 2. The fraction of sp³-hybridized carbons (Fsp3) is 0.273. The molecular formula is C22H26ClN2O4S+. The average Bonchev–Trinajstić information content (AvgIpc) is 2.75. The Labute approximate surface area is 182 Å². The Morgan fingerprint density at radius 3 is 2.30 bits per heavy atom. The van der Waals surface area contributed by atoms with Gasteiger partial charge in [0.25, 0.3) is 0 Å². The van der Waals surface area contributed by atoms with Gasteiger partial charge in [0.15, 0.2) is 17.2 Å². The molecule has 1 heterocycles. The molecule has 0 bridgehead atoms. The molecule has 0 aromatic heterocycles. The molecule has 0 radical (unpaired) electrons. The van der Waals surface area contributed by atoms with Crippen LogP contribution in [0.15, 0.2) is 71.4 Å². The third-order valence-electron chi connectivity index (χ3n) is 5.25. The molecule has 2 aromatic carbocycles. The van der Waals surface area contributed by atoms with Gasteiger partial charge in [-0.25, -0.2) is 0 Å². The molecule has 0 fully saturated rings. The van der Waals surface area contributed by atoms with Crippen molar-refractivity contribution in [3.63, 3.8) is 0 Å². The smallest absolute Gasteiger partial charge is 0.307 e. The van der Waals surface area contributed by atoms with Crippen LogP contribution in [-0.2, 0) is 10.0 Å². The minimum atomic E-state index is -3.68. The highest BCUT2D eigenvalue weighted by Crippen LogP contribution is 2.44. The van der Waals surface area contributed by atoms with Gasteiger partial charge in [0.1, 0.15) is 11.8 Å². The van der Waals surface area contributed by atoms with Crippen LogP contribution < -0.4 is 19.1 Å². The Bertz CT molecular complexity index is 1080. The topological polar surface area (TPSA) is 78.6 Å². The zero-order valence-electron chi connectivity index (χ0n) is 17.2. The Balaban J connectivity index is 2.09. The van der Waals surface area contributed by atoms with E-state index in [9.17, 15) is 8.42 Å². The number of nitrogens with zero attached hydrogens (tertiary/aromatic N) is 1. The van der Waals surface area contributed by atoms with Crippen LogP contribution in [0.1, 0.15) is 13.8 Å². The van der Waals surface area contributed by atoms with Crippen molar-refractivity contribution in [2.45, 2.75) is 19.9 Å². The molecule has 0 amide bonds. The zero-order valence-corrected chi connectivity index (χ0v) is 18.8. The number of halogens is 1. The highest BCUT2D eigenvalue weighted by Gasteiger charge is 2.52. The van der Waals surface area contributed by atoms with Gasteiger partial charge >= 0.3 is 10.0 Å². The molecule has 0 aliphatic carbocycles. The van der Waals surface area contributed by atoms with Crippen LogP contribution in [0.3, 0.4) is 0 Å². The van der Waals surface area contributed by atoms with E-state index in [1.165, 1.54) is 0 Å². The van der Waals surface area contributed by atoms with E-state index in [0.717, 1.165) is 0 Å². The molecule has 2 unspecified atom stereocenters. The van der Waals surface area contributed by atoms with Crippen LogP contribution in [0.2, 0.25) is 0 Å². The van der Waals surface area contributed by atoms with E-state index in [4.69, 9.17) is 26.8 Å². The fourth-order valence-corrected chi connectivity index (χ4v) is 6.14. The number of rotatable bonds is 7. The van der Waals surface area contributed by atoms with Gasteiger partial charge in [-0.2, -0.15) is 8.42 Å². The number of hydrogen-bond donors (Lipinski definition) is 1. The molecule has 0 spiro atoms. The second-order valence-electron chi connectivity index (χ2n) is 6.90. The SMILES string of the molecule is CCS(=O)(=O)[N+]1(c2ccc(Oc3ccccc3OC)cc2)C(Cl)=C(CN)C=CC1C. The number of sulfonamides is 1. The van der Waals surface area contributed by atoms with Crippen molar-refractivity contribution in [1.29, 1.82) is 0 Å². The maximum Gasteiger partial charge on any atom is 0.307 e. The number of benzene rings is 2. The number of nitrogens with two attached hydrogens (primary N) is 1. The fourth-order valence-electron chi connectivity index (χ4n) is 3.64. The molecule has 3 rings (SSSR count). The van der Waals surface area contributed by atoms with Crippen LogP contribution in [0.4, 0.5) is 5.69 Å². The molecule has 1 aliphatic rings. The van der Waals surface area contributed by atoms with E-state index in [2.05, 4.69) is 0 Å².